The minimum atomic E-state index is -0.934. The van der Waals surface area contributed by atoms with Crippen molar-refractivity contribution in [3.63, 3.8) is 0 Å². The van der Waals surface area contributed by atoms with E-state index in [0.717, 1.165) is 17.4 Å². The lowest BCUT2D eigenvalue weighted by molar-refractivity contribution is -0.0561. The van der Waals surface area contributed by atoms with Crippen LogP contribution in [0, 0.1) is 0 Å². The van der Waals surface area contributed by atoms with Gasteiger partial charge in [0.1, 0.15) is 6.61 Å². The molecule has 3 N–H and O–H groups in total. The zero-order valence-electron chi connectivity index (χ0n) is 13.8. The summed E-state index contributed by atoms with van der Waals surface area (Å²) in [6.07, 6.45) is 1.14. The fourth-order valence-corrected chi connectivity index (χ4v) is 2.77. The molecule has 0 amide bonds. The Morgan fingerprint density at radius 1 is 1.40 bits per heavy atom. The molecule has 0 radical (unpaired) electrons. The topological polar surface area (TPSA) is 124 Å². The lowest BCUT2D eigenvalue weighted by atomic mass is 10.1. The van der Waals surface area contributed by atoms with Gasteiger partial charge < -0.3 is 19.3 Å². The highest BCUT2D eigenvalue weighted by Crippen LogP contribution is 2.32. The Bertz CT molecular complexity index is 735. The first-order chi connectivity index (χ1) is 12.1. The van der Waals surface area contributed by atoms with Crippen LogP contribution in [0.15, 0.2) is 33.4 Å². The van der Waals surface area contributed by atoms with Crippen LogP contribution >= 0.6 is 0 Å². The lowest BCUT2D eigenvalue weighted by Crippen LogP contribution is -2.36. The van der Waals surface area contributed by atoms with E-state index >= 15 is 0 Å². The highest BCUT2D eigenvalue weighted by molar-refractivity contribution is 5.14. The van der Waals surface area contributed by atoms with Crippen molar-refractivity contribution in [3.8, 4) is 0 Å². The number of H-pyrrole nitrogens is 1. The lowest BCUT2D eigenvalue weighted by Gasteiger charge is -2.23. The highest BCUT2D eigenvalue weighted by atomic mass is 16.7. The number of aromatic amines is 1. The molecule has 2 aliphatic heterocycles. The number of nitrogens with one attached hydrogen (secondary N) is 2. The molecule has 138 valence electrons. The van der Waals surface area contributed by atoms with Gasteiger partial charge in [0.2, 0.25) is 6.23 Å². The van der Waals surface area contributed by atoms with E-state index in [-0.39, 0.29) is 24.2 Å². The van der Waals surface area contributed by atoms with Crippen LogP contribution in [0.2, 0.25) is 0 Å². The summed E-state index contributed by atoms with van der Waals surface area (Å²) in [5, 5.41) is 10.3. The van der Waals surface area contributed by atoms with Crippen molar-refractivity contribution >= 4 is 0 Å². The molecular formula is C15H21N3O7. The standard InChI is InChI=1S/C15H21N3O7/c1-22-13-12(20)10(8-24-17-9-3-6-23-7-4-9)25-14(13)18-5-2-11(19)16-15(18)21/h2,5,9,13-14,17,20H,3-4,6-8H2,1H3,(H,16,19,21)/t13?,14-/m1/s1. The summed E-state index contributed by atoms with van der Waals surface area (Å²) < 4.78 is 17.3. The van der Waals surface area contributed by atoms with E-state index in [1.807, 2.05) is 0 Å². The number of rotatable bonds is 6. The van der Waals surface area contributed by atoms with E-state index in [9.17, 15) is 14.7 Å². The predicted molar refractivity (Wildman–Crippen MR) is 84.8 cm³/mol. The van der Waals surface area contributed by atoms with Crippen LogP contribution in [0.1, 0.15) is 19.1 Å². The van der Waals surface area contributed by atoms with Gasteiger partial charge in [-0.1, -0.05) is 0 Å². The first-order valence-corrected chi connectivity index (χ1v) is 7.98. The number of methoxy groups -OCH3 is 1. The van der Waals surface area contributed by atoms with Crippen molar-refractivity contribution in [2.75, 3.05) is 26.9 Å². The molecule has 2 aliphatic rings. The number of aliphatic hydroxyl groups is 1. The summed E-state index contributed by atoms with van der Waals surface area (Å²) in [6, 6.07) is 1.36. The Hall–Kier alpha value is -2.14. The van der Waals surface area contributed by atoms with Crippen LogP contribution in [-0.4, -0.2) is 53.7 Å². The van der Waals surface area contributed by atoms with Gasteiger partial charge in [0.15, 0.2) is 17.6 Å². The number of hydroxylamine groups is 1. The van der Waals surface area contributed by atoms with E-state index in [1.165, 1.54) is 19.4 Å². The molecule has 3 rings (SSSR count). The first kappa shape index (κ1) is 17.7. The minimum absolute atomic E-state index is 0.0301. The van der Waals surface area contributed by atoms with E-state index in [2.05, 4.69) is 10.5 Å². The van der Waals surface area contributed by atoms with Crippen molar-refractivity contribution in [3.05, 3.63) is 44.6 Å². The van der Waals surface area contributed by atoms with E-state index in [0.29, 0.717) is 13.2 Å². The fraction of sp³-hybridized carbons (Fsp3) is 0.600. The van der Waals surface area contributed by atoms with Gasteiger partial charge in [0, 0.05) is 38.6 Å². The maximum Gasteiger partial charge on any atom is 0.331 e. The molecule has 1 unspecified atom stereocenters. The monoisotopic (exact) mass is 355 g/mol. The summed E-state index contributed by atoms with van der Waals surface area (Å²) in [7, 11) is 1.39. The number of nitrogens with zero attached hydrogens (tertiary/aromatic N) is 1. The van der Waals surface area contributed by atoms with Crippen LogP contribution in [0.3, 0.4) is 0 Å². The van der Waals surface area contributed by atoms with Gasteiger partial charge in [-0.15, -0.1) is 0 Å². The number of aromatic nitrogens is 2. The Kier molecular flexibility index (Phi) is 5.53. The number of ether oxygens (including phenoxy) is 3. The van der Waals surface area contributed by atoms with Crippen molar-refractivity contribution in [2.24, 2.45) is 0 Å². The molecule has 0 spiro atoms. The molecule has 0 aromatic carbocycles. The molecule has 10 nitrogen and oxygen atoms in total. The molecule has 1 saturated heterocycles. The molecule has 3 heterocycles. The second kappa shape index (κ2) is 7.83. The minimum Gasteiger partial charge on any atom is -0.506 e. The maximum atomic E-state index is 11.9. The van der Waals surface area contributed by atoms with Crippen molar-refractivity contribution in [1.29, 1.82) is 0 Å². The summed E-state index contributed by atoms with van der Waals surface area (Å²) in [5.41, 5.74) is 1.74. The normalized spacial score (nSPS) is 24.5. The molecular weight excluding hydrogens is 334 g/mol. The van der Waals surface area contributed by atoms with Crippen molar-refractivity contribution in [1.82, 2.24) is 15.0 Å². The van der Waals surface area contributed by atoms with Crippen LogP contribution in [0.4, 0.5) is 0 Å². The van der Waals surface area contributed by atoms with Gasteiger partial charge in [-0.2, -0.15) is 5.48 Å². The molecule has 0 saturated carbocycles. The molecule has 1 aromatic heterocycles. The van der Waals surface area contributed by atoms with Crippen LogP contribution in [0.25, 0.3) is 0 Å². The van der Waals surface area contributed by atoms with Crippen LogP contribution < -0.4 is 16.7 Å². The average Bonchev–Trinajstić information content (AvgIpc) is 2.91. The highest BCUT2D eigenvalue weighted by Gasteiger charge is 2.39. The van der Waals surface area contributed by atoms with Crippen LogP contribution in [-0.2, 0) is 19.0 Å². The largest absolute Gasteiger partial charge is 0.506 e. The van der Waals surface area contributed by atoms with Gasteiger partial charge in [0.05, 0.1) is 0 Å². The Labute approximate surface area is 142 Å². The van der Waals surface area contributed by atoms with Crippen molar-refractivity contribution < 1.29 is 24.2 Å². The molecule has 1 fully saturated rings. The molecule has 2 atom stereocenters. The summed E-state index contributed by atoms with van der Waals surface area (Å²) in [5.74, 6) is 0.00823. The fourth-order valence-electron chi connectivity index (χ4n) is 2.77. The second-order valence-electron chi connectivity index (χ2n) is 5.78. The molecule has 0 aliphatic carbocycles. The summed E-state index contributed by atoms with van der Waals surface area (Å²) in [4.78, 5) is 30.7. The zero-order chi connectivity index (χ0) is 17.8. The quantitative estimate of drug-likeness (QED) is 0.586. The smallest absolute Gasteiger partial charge is 0.331 e. The molecule has 10 heteroatoms. The summed E-state index contributed by atoms with van der Waals surface area (Å²) >= 11 is 0. The first-order valence-electron chi connectivity index (χ1n) is 7.98. The Morgan fingerprint density at radius 2 is 2.16 bits per heavy atom. The van der Waals surface area contributed by atoms with Gasteiger partial charge >= 0.3 is 5.69 Å². The number of hydrogen-bond acceptors (Lipinski definition) is 8. The molecule has 25 heavy (non-hydrogen) atoms. The molecule has 1 aromatic rings. The Balaban J connectivity index is 1.65. The zero-order valence-corrected chi connectivity index (χ0v) is 13.8. The van der Waals surface area contributed by atoms with Crippen molar-refractivity contribution in [2.45, 2.75) is 31.2 Å². The van der Waals surface area contributed by atoms with E-state index in [1.54, 1.807) is 0 Å². The number of hydrogen-bond donors (Lipinski definition) is 3. The molecule has 0 bridgehead atoms. The Morgan fingerprint density at radius 3 is 2.84 bits per heavy atom. The third-order valence-electron chi connectivity index (χ3n) is 4.13. The van der Waals surface area contributed by atoms with Gasteiger partial charge in [-0.25, -0.2) is 4.79 Å². The predicted octanol–water partition coefficient (Wildman–Crippen LogP) is -0.450. The third-order valence-corrected chi connectivity index (χ3v) is 4.13. The maximum absolute atomic E-state index is 11.9. The van der Waals surface area contributed by atoms with Gasteiger partial charge in [-0.3, -0.25) is 19.2 Å². The third kappa shape index (κ3) is 3.93. The average molecular weight is 355 g/mol. The summed E-state index contributed by atoms with van der Waals surface area (Å²) in [6.45, 7) is 1.32. The second-order valence-corrected chi connectivity index (χ2v) is 5.78. The van der Waals surface area contributed by atoms with E-state index < -0.39 is 23.6 Å². The number of aliphatic hydroxyl groups excluding tert-OH is 1. The SMILES string of the molecule is COC1C(O)=C(CONC2CCOCC2)O[C@H]1n1ccc(=O)[nH]c1=O. The van der Waals surface area contributed by atoms with Crippen LogP contribution in [0.5, 0.6) is 0 Å². The van der Waals surface area contributed by atoms with Gasteiger partial charge in [-0.05, 0) is 12.8 Å². The van der Waals surface area contributed by atoms with Gasteiger partial charge in [0.25, 0.3) is 5.56 Å². The van der Waals surface area contributed by atoms with E-state index in [4.69, 9.17) is 19.0 Å².